The van der Waals surface area contributed by atoms with E-state index in [4.69, 9.17) is 4.74 Å². The lowest BCUT2D eigenvalue weighted by molar-refractivity contribution is -0.132. The quantitative estimate of drug-likeness (QED) is 0.813. The fraction of sp³-hybridized carbons (Fsp3) is 0.667. The largest absolute Gasteiger partial charge is 0.379 e. The first-order valence-electron chi connectivity index (χ1n) is 7.45. The molecule has 2 aliphatic rings. The minimum Gasteiger partial charge on any atom is -0.379 e. The van der Waals surface area contributed by atoms with Gasteiger partial charge in [0.05, 0.1) is 13.2 Å². The van der Waals surface area contributed by atoms with Gasteiger partial charge in [-0.3, -0.25) is 9.69 Å². The van der Waals surface area contributed by atoms with E-state index < -0.39 is 0 Å². The van der Waals surface area contributed by atoms with Gasteiger partial charge in [-0.2, -0.15) is 0 Å². The van der Waals surface area contributed by atoms with Gasteiger partial charge in [0.1, 0.15) is 0 Å². The zero-order valence-corrected chi connectivity index (χ0v) is 12.2. The number of carbonyl (C=O) groups is 1. The standard InChI is InChI=1S/C15H23N3O2/c1-16-5-2-13-12-18(7-3-14(13)16)15(19)4-6-17-8-10-20-11-9-17/h2,5H,3-4,6-12H2,1H3. The van der Waals surface area contributed by atoms with E-state index in [0.717, 1.165) is 52.4 Å². The molecule has 0 unspecified atom stereocenters. The molecule has 5 nitrogen and oxygen atoms in total. The van der Waals surface area contributed by atoms with Crippen LogP contribution in [0.4, 0.5) is 0 Å². The third kappa shape index (κ3) is 2.88. The number of aromatic nitrogens is 1. The summed E-state index contributed by atoms with van der Waals surface area (Å²) in [6.45, 7) is 5.99. The first kappa shape index (κ1) is 13.6. The zero-order chi connectivity index (χ0) is 13.9. The van der Waals surface area contributed by atoms with Crippen LogP contribution in [-0.2, 0) is 29.5 Å². The minimum atomic E-state index is 0.283. The average Bonchev–Trinajstić information content (AvgIpc) is 2.87. The van der Waals surface area contributed by atoms with Crippen LogP contribution in [0.2, 0.25) is 0 Å². The van der Waals surface area contributed by atoms with Crippen molar-refractivity contribution in [3.05, 3.63) is 23.5 Å². The van der Waals surface area contributed by atoms with Gasteiger partial charge >= 0.3 is 0 Å². The minimum absolute atomic E-state index is 0.283. The third-order valence-corrected chi connectivity index (χ3v) is 4.37. The molecule has 1 aromatic heterocycles. The lowest BCUT2D eigenvalue weighted by atomic mass is 10.1. The Kier molecular flexibility index (Phi) is 4.08. The predicted molar refractivity (Wildman–Crippen MR) is 76.4 cm³/mol. The van der Waals surface area contributed by atoms with Crippen molar-refractivity contribution in [1.29, 1.82) is 0 Å². The lowest BCUT2D eigenvalue weighted by Crippen LogP contribution is -2.41. The Balaban J connectivity index is 1.51. The van der Waals surface area contributed by atoms with Crippen molar-refractivity contribution in [3.63, 3.8) is 0 Å². The number of amides is 1. The van der Waals surface area contributed by atoms with Gasteiger partial charge in [-0.1, -0.05) is 0 Å². The number of hydrogen-bond acceptors (Lipinski definition) is 3. The van der Waals surface area contributed by atoms with Crippen LogP contribution >= 0.6 is 0 Å². The maximum absolute atomic E-state index is 12.3. The highest BCUT2D eigenvalue weighted by molar-refractivity contribution is 5.76. The normalized spacial score (nSPS) is 19.9. The Morgan fingerprint density at radius 3 is 2.90 bits per heavy atom. The number of morpholine rings is 1. The molecule has 0 bridgehead atoms. The molecule has 0 saturated carbocycles. The summed E-state index contributed by atoms with van der Waals surface area (Å²) in [4.78, 5) is 16.6. The van der Waals surface area contributed by atoms with E-state index in [2.05, 4.69) is 28.8 Å². The van der Waals surface area contributed by atoms with Crippen LogP contribution in [0, 0.1) is 0 Å². The van der Waals surface area contributed by atoms with Crippen molar-refractivity contribution in [2.75, 3.05) is 39.4 Å². The summed E-state index contributed by atoms with van der Waals surface area (Å²) in [5.74, 6) is 0.283. The highest BCUT2D eigenvalue weighted by Crippen LogP contribution is 2.20. The molecule has 5 heteroatoms. The fourth-order valence-electron chi connectivity index (χ4n) is 3.07. The number of carbonyl (C=O) groups excluding carboxylic acids is 1. The third-order valence-electron chi connectivity index (χ3n) is 4.37. The van der Waals surface area contributed by atoms with Gasteiger partial charge in [-0.05, 0) is 11.6 Å². The summed E-state index contributed by atoms with van der Waals surface area (Å²) in [6, 6.07) is 2.14. The molecule has 3 rings (SSSR count). The van der Waals surface area contributed by atoms with Gasteiger partial charge in [0.2, 0.25) is 5.91 Å². The summed E-state index contributed by atoms with van der Waals surface area (Å²) in [5.41, 5.74) is 2.68. The van der Waals surface area contributed by atoms with Crippen LogP contribution in [0.1, 0.15) is 17.7 Å². The summed E-state index contributed by atoms with van der Waals surface area (Å²) < 4.78 is 7.50. The number of rotatable bonds is 3. The Morgan fingerprint density at radius 2 is 2.10 bits per heavy atom. The van der Waals surface area contributed by atoms with Crippen LogP contribution in [0.3, 0.4) is 0 Å². The molecule has 0 aromatic carbocycles. The number of hydrogen-bond donors (Lipinski definition) is 0. The van der Waals surface area contributed by atoms with E-state index in [0.29, 0.717) is 6.42 Å². The Morgan fingerprint density at radius 1 is 1.30 bits per heavy atom. The van der Waals surface area contributed by atoms with E-state index in [1.807, 2.05) is 4.90 Å². The maximum Gasteiger partial charge on any atom is 0.224 e. The second-order valence-corrected chi connectivity index (χ2v) is 5.67. The first-order chi connectivity index (χ1) is 9.74. The molecule has 3 heterocycles. The number of ether oxygens (including phenoxy) is 1. The van der Waals surface area contributed by atoms with Crippen molar-refractivity contribution in [1.82, 2.24) is 14.4 Å². The average molecular weight is 277 g/mol. The summed E-state index contributed by atoms with van der Waals surface area (Å²) >= 11 is 0. The van der Waals surface area contributed by atoms with Crippen molar-refractivity contribution in [2.24, 2.45) is 7.05 Å². The molecule has 0 spiro atoms. The highest BCUT2D eigenvalue weighted by Gasteiger charge is 2.22. The van der Waals surface area contributed by atoms with E-state index in [1.54, 1.807) is 0 Å². The summed E-state index contributed by atoms with van der Waals surface area (Å²) in [6.07, 6.45) is 3.69. The van der Waals surface area contributed by atoms with Gasteiger partial charge in [0.25, 0.3) is 0 Å². The van der Waals surface area contributed by atoms with E-state index in [-0.39, 0.29) is 5.91 Å². The van der Waals surface area contributed by atoms with Crippen LogP contribution < -0.4 is 0 Å². The number of aryl methyl sites for hydroxylation is 1. The van der Waals surface area contributed by atoms with Crippen LogP contribution in [0.25, 0.3) is 0 Å². The summed E-state index contributed by atoms with van der Waals surface area (Å²) in [5, 5.41) is 0. The molecule has 0 radical (unpaired) electrons. The smallest absolute Gasteiger partial charge is 0.224 e. The Labute approximate surface area is 120 Å². The monoisotopic (exact) mass is 277 g/mol. The van der Waals surface area contributed by atoms with E-state index in [9.17, 15) is 4.79 Å². The van der Waals surface area contributed by atoms with Gasteiger partial charge in [0, 0.05) is 64.5 Å². The fourth-order valence-corrected chi connectivity index (χ4v) is 3.07. The molecule has 1 aromatic rings. The second kappa shape index (κ2) is 5.97. The number of nitrogens with zero attached hydrogens (tertiary/aromatic N) is 3. The van der Waals surface area contributed by atoms with Gasteiger partial charge in [-0.25, -0.2) is 0 Å². The SMILES string of the molecule is Cn1ccc2c1CCN(C(=O)CCN1CCOCC1)C2. The molecule has 0 atom stereocenters. The molecule has 2 aliphatic heterocycles. The molecule has 0 N–H and O–H groups in total. The van der Waals surface area contributed by atoms with Crippen LogP contribution in [-0.4, -0.2) is 59.7 Å². The topological polar surface area (TPSA) is 37.7 Å². The molecule has 0 aliphatic carbocycles. The molecular formula is C15H23N3O2. The van der Waals surface area contributed by atoms with Crippen molar-refractivity contribution >= 4 is 5.91 Å². The van der Waals surface area contributed by atoms with Crippen LogP contribution in [0.5, 0.6) is 0 Å². The molecular weight excluding hydrogens is 254 g/mol. The first-order valence-corrected chi connectivity index (χ1v) is 7.45. The van der Waals surface area contributed by atoms with Gasteiger partial charge in [0.15, 0.2) is 0 Å². The molecule has 1 saturated heterocycles. The number of fused-ring (bicyclic) bond motifs is 1. The van der Waals surface area contributed by atoms with Crippen molar-refractivity contribution in [2.45, 2.75) is 19.4 Å². The molecule has 1 fully saturated rings. The molecule has 110 valence electrons. The van der Waals surface area contributed by atoms with Gasteiger partial charge in [-0.15, -0.1) is 0 Å². The van der Waals surface area contributed by atoms with Gasteiger partial charge < -0.3 is 14.2 Å². The van der Waals surface area contributed by atoms with Crippen molar-refractivity contribution in [3.8, 4) is 0 Å². The molecule has 1 amide bonds. The lowest BCUT2D eigenvalue weighted by Gasteiger charge is -2.30. The second-order valence-electron chi connectivity index (χ2n) is 5.67. The maximum atomic E-state index is 12.3. The zero-order valence-electron chi connectivity index (χ0n) is 12.2. The van der Waals surface area contributed by atoms with E-state index in [1.165, 1.54) is 11.3 Å². The highest BCUT2D eigenvalue weighted by atomic mass is 16.5. The Bertz CT molecular complexity index is 477. The van der Waals surface area contributed by atoms with Crippen LogP contribution in [0.15, 0.2) is 12.3 Å². The Hall–Kier alpha value is -1.33. The summed E-state index contributed by atoms with van der Waals surface area (Å²) in [7, 11) is 2.08. The molecule has 20 heavy (non-hydrogen) atoms. The van der Waals surface area contributed by atoms with Crippen molar-refractivity contribution < 1.29 is 9.53 Å². The predicted octanol–water partition coefficient (Wildman–Crippen LogP) is 0.632. The van der Waals surface area contributed by atoms with E-state index >= 15 is 0 Å².